The van der Waals surface area contributed by atoms with Crippen LogP contribution < -0.4 is 0 Å². The summed E-state index contributed by atoms with van der Waals surface area (Å²) in [7, 11) is 0. The lowest BCUT2D eigenvalue weighted by atomic mass is 9.74. The molecule has 2 rings (SSSR count). The van der Waals surface area contributed by atoms with E-state index in [2.05, 4.69) is 0 Å². The molecule has 0 spiro atoms. The molecule has 0 N–H and O–H groups in total. The second-order valence-corrected chi connectivity index (χ2v) is 7.24. The van der Waals surface area contributed by atoms with Crippen molar-refractivity contribution in [3.8, 4) is 6.07 Å². The summed E-state index contributed by atoms with van der Waals surface area (Å²) in [5, 5.41) is 9.29. The Morgan fingerprint density at radius 1 is 1.26 bits per heavy atom. The van der Waals surface area contributed by atoms with E-state index in [-0.39, 0.29) is 59.7 Å². The van der Waals surface area contributed by atoms with E-state index in [1.807, 2.05) is 6.07 Å². The summed E-state index contributed by atoms with van der Waals surface area (Å²) in [5.74, 6) is -0.884. The van der Waals surface area contributed by atoms with Crippen LogP contribution in [-0.4, -0.2) is 30.7 Å². The summed E-state index contributed by atoms with van der Waals surface area (Å²) >= 11 is 12.4. The maximum absolute atomic E-state index is 13.4. The van der Waals surface area contributed by atoms with Crippen LogP contribution in [0.3, 0.4) is 0 Å². The van der Waals surface area contributed by atoms with Crippen LogP contribution in [0.2, 0.25) is 10.0 Å². The van der Waals surface area contributed by atoms with Gasteiger partial charge in [0, 0.05) is 18.9 Å². The Labute approximate surface area is 167 Å². The van der Waals surface area contributed by atoms with Crippen LogP contribution in [0.4, 0.5) is 0 Å². The molecule has 0 aliphatic heterocycles. The number of hydrogen-bond donors (Lipinski definition) is 0. The van der Waals surface area contributed by atoms with Crippen molar-refractivity contribution < 1.29 is 23.9 Å². The van der Waals surface area contributed by atoms with Gasteiger partial charge in [0.15, 0.2) is 5.78 Å². The van der Waals surface area contributed by atoms with Crippen LogP contribution >= 0.6 is 23.2 Å². The van der Waals surface area contributed by atoms with E-state index in [0.717, 1.165) is 0 Å². The third kappa shape index (κ3) is 4.32. The molecule has 2 atom stereocenters. The van der Waals surface area contributed by atoms with Crippen LogP contribution in [0.1, 0.15) is 55.1 Å². The van der Waals surface area contributed by atoms with E-state index in [1.54, 1.807) is 12.1 Å². The standard InChI is InChI=1S/C19H19Cl2NO5/c1-11(23)5-6-19(7-9-26-12(2)24)17(25)15-13(18(19)27-10-8-22)3-4-14(20)16(15)21/h3-4,18H,5-7,9-10H2,1-2H3. The highest BCUT2D eigenvalue weighted by atomic mass is 35.5. The molecule has 0 saturated carbocycles. The highest BCUT2D eigenvalue weighted by Crippen LogP contribution is 2.55. The number of ether oxygens (including phenoxy) is 2. The molecular weight excluding hydrogens is 393 g/mol. The van der Waals surface area contributed by atoms with E-state index >= 15 is 0 Å². The van der Waals surface area contributed by atoms with Crippen molar-refractivity contribution in [2.24, 2.45) is 5.41 Å². The zero-order chi connectivity index (χ0) is 20.2. The zero-order valence-electron chi connectivity index (χ0n) is 15.0. The van der Waals surface area contributed by atoms with Crippen molar-refractivity contribution in [1.82, 2.24) is 0 Å². The van der Waals surface area contributed by atoms with Gasteiger partial charge in [-0.25, -0.2) is 0 Å². The number of halogens is 2. The molecule has 1 aromatic carbocycles. The molecule has 1 aromatic rings. The van der Waals surface area contributed by atoms with Gasteiger partial charge in [0.1, 0.15) is 12.4 Å². The Hall–Kier alpha value is -1.94. The molecule has 1 aliphatic carbocycles. The summed E-state index contributed by atoms with van der Waals surface area (Å²) < 4.78 is 10.7. The quantitative estimate of drug-likeness (QED) is 0.598. The maximum Gasteiger partial charge on any atom is 0.302 e. The van der Waals surface area contributed by atoms with Gasteiger partial charge in [-0.05, 0) is 31.4 Å². The zero-order valence-corrected chi connectivity index (χ0v) is 16.5. The van der Waals surface area contributed by atoms with Crippen molar-refractivity contribution >= 4 is 40.7 Å². The van der Waals surface area contributed by atoms with Gasteiger partial charge in [0.2, 0.25) is 0 Å². The fourth-order valence-electron chi connectivity index (χ4n) is 3.44. The van der Waals surface area contributed by atoms with E-state index < -0.39 is 17.5 Å². The van der Waals surface area contributed by atoms with Gasteiger partial charge in [-0.3, -0.25) is 9.59 Å². The molecule has 27 heavy (non-hydrogen) atoms. The molecule has 144 valence electrons. The first-order valence-corrected chi connectivity index (χ1v) is 9.14. The van der Waals surface area contributed by atoms with Crippen LogP contribution in [0.15, 0.2) is 12.1 Å². The van der Waals surface area contributed by atoms with E-state index in [4.69, 9.17) is 37.9 Å². The number of Topliss-reactive ketones (excluding diaryl/α,β-unsaturated/α-hetero) is 2. The summed E-state index contributed by atoms with van der Waals surface area (Å²) in [4.78, 5) is 36.2. The number of benzene rings is 1. The number of rotatable bonds is 8. The van der Waals surface area contributed by atoms with Gasteiger partial charge in [-0.15, -0.1) is 0 Å². The largest absolute Gasteiger partial charge is 0.466 e. The van der Waals surface area contributed by atoms with E-state index in [1.165, 1.54) is 13.8 Å². The average Bonchev–Trinajstić information content (AvgIpc) is 2.83. The third-order valence-corrected chi connectivity index (χ3v) is 5.49. The Morgan fingerprint density at radius 2 is 1.96 bits per heavy atom. The monoisotopic (exact) mass is 411 g/mol. The predicted molar refractivity (Wildman–Crippen MR) is 98.7 cm³/mol. The Bertz CT molecular complexity index is 817. The number of carbonyl (C=O) groups is 3. The minimum absolute atomic E-state index is 0.0231. The average molecular weight is 412 g/mol. The van der Waals surface area contributed by atoms with Crippen LogP contribution in [0.5, 0.6) is 0 Å². The smallest absolute Gasteiger partial charge is 0.302 e. The normalized spacial score (nSPS) is 20.9. The maximum atomic E-state index is 13.4. The van der Waals surface area contributed by atoms with Gasteiger partial charge < -0.3 is 14.3 Å². The summed E-state index contributed by atoms with van der Waals surface area (Å²) in [6.45, 7) is 2.44. The molecule has 0 bridgehead atoms. The minimum atomic E-state index is -1.17. The molecule has 1 aliphatic rings. The Balaban J connectivity index is 2.53. The molecule has 0 saturated heterocycles. The van der Waals surface area contributed by atoms with Crippen LogP contribution in [0.25, 0.3) is 0 Å². The number of ketones is 2. The van der Waals surface area contributed by atoms with Gasteiger partial charge in [0.25, 0.3) is 0 Å². The first-order valence-electron chi connectivity index (χ1n) is 8.38. The summed E-state index contributed by atoms with van der Waals surface area (Å²) in [6.07, 6.45) is -0.333. The third-order valence-electron chi connectivity index (χ3n) is 4.68. The first-order chi connectivity index (χ1) is 12.7. The number of nitrogens with zero attached hydrogens (tertiary/aromatic N) is 1. The fourth-order valence-corrected chi connectivity index (χ4v) is 3.86. The van der Waals surface area contributed by atoms with Crippen LogP contribution in [-0.2, 0) is 19.1 Å². The lowest BCUT2D eigenvalue weighted by Gasteiger charge is -2.33. The number of esters is 1. The summed E-state index contributed by atoms with van der Waals surface area (Å²) in [6, 6.07) is 5.10. The van der Waals surface area contributed by atoms with E-state index in [0.29, 0.717) is 5.56 Å². The molecule has 8 heteroatoms. The highest BCUT2D eigenvalue weighted by molar-refractivity contribution is 6.44. The molecule has 2 unspecified atom stereocenters. The lowest BCUT2D eigenvalue weighted by Crippen LogP contribution is -2.35. The molecule has 0 aromatic heterocycles. The molecule has 0 radical (unpaired) electrons. The number of hydrogen-bond acceptors (Lipinski definition) is 6. The van der Waals surface area contributed by atoms with Crippen LogP contribution in [0, 0.1) is 16.7 Å². The fraction of sp³-hybridized carbons (Fsp3) is 0.474. The topological polar surface area (TPSA) is 93.5 Å². The SMILES string of the molecule is CC(=O)CCC1(CCOC(C)=O)C(=O)c2c(ccc(Cl)c2Cl)C1OCC#N. The van der Waals surface area contributed by atoms with Crippen molar-refractivity contribution in [2.45, 2.75) is 39.2 Å². The highest BCUT2D eigenvalue weighted by Gasteiger charge is 2.54. The van der Waals surface area contributed by atoms with Gasteiger partial charge >= 0.3 is 5.97 Å². The number of fused-ring (bicyclic) bond motifs is 1. The second kappa shape index (κ2) is 8.83. The van der Waals surface area contributed by atoms with Crippen molar-refractivity contribution in [3.63, 3.8) is 0 Å². The molecular formula is C19H19Cl2NO5. The molecule has 0 fully saturated rings. The van der Waals surface area contributed by atoms with Gasteiger partial charge in [-0.2, -0.15) is 5.26 Å². The Kier molecular flexibility index (Phi) is 6.99. The number of carbonyl (C=O) groups excluding carboxylic acids is 3. The van der Waals surface area contributed by atoms with Crippen molar-refractivity contribution in [1.29, 1.82) is 5.26 Å². The Morgan fingerprint density at radius 3 is 2.56 bits per heavy atom. The molecule has 0 heterocycles. The van der Waals surface area contributed by atoms with E-state index in [9.17, 15) is 14.4 Å². The lowest BCUT2D eigenvalue weighted by molar-refractivity contribution is -0.142. The van der Waals surface area contributed by atoms with Crippen molar-refractivity contribution in [2.75, 3.05) is 13.2 Å². The first kappa shape index (κ1) is 21.4. The number of nitriles is 1. The van der Waals surface area contributed by atoms with Gasteiger partial charge in [0.05, 0.1) is 34.2 Å². The second-order valence-electron chi connectivity index (χ2n) is 6.45. The molecule has 6 nitrogen and oxygen atoms in total. The van der Waals surface area contributed by atoms with Gasteiger partial charge in [-0.1, -0.05) is 29.3 Å². The minimum Gasteiger partial charge on any atom is -0.466 e. The van der Waals surface area contributed by atoms with Crippen molar-refractivity contribution in [3.05, 3.63) is 33.3 Å². The predicted octanol–water partition coefficient (Wildman–Crippen LogP) is 4.08. The summed E-state index contributed by atoms with van der Waals surface area (Å²) in [5.41, 5.74) is -0.413. The molecule has 0 amide bonds.